The Hall–Kier alpha value is -3.44. The van der Waals surface area contributed by atoms with Gasteiger partial charge in [-0.2, -0.15) is 5.10 Å². The van der Waals surface area contributed by atoms with Gasteiger partial charge in [0, 0.05) is 62.0 Å². The third kappa shape index (κ3) is 6.78. The van der Waals surface area contributed by atoms with Gasteiger partial charge in [0.25, 0.3) is 0 Å². The minimum Gasteiger partial charge on any atom is -0.530 e. The smallest absolute Gasteiger partial charge is 0.407 e. The second-order valence-electron chi connectivity index (χ2n) is 12.8. The molecule has 0 aliphatic carbocycles. The molecule has 0 spiro atoms. The Morgan fingerprint density at radius 2 is 1.86 bits per heavy atom. The van der Waals surface area contributed by atoms with E-state index in [2.05, 4.69) is 15.3 Å². The third-order valence-corrected chi connectivity index (χ3v) is 8.86. The van der Waals surface area contributed by atoms with Crippen LogP contribution in [-0.2, 0) is 16.1 Å². The zero-order valence-corrected chi connectivity index (χ0v) is 26.1. The highest BCUT2D eigenvalue weighted by Gasteiger charge is 2.47. The molecular weight excluding hydrogens is 536 g/mol. The van der Waals surface area contributed by atoms with Gasteiger partial charge in [0.1, 0.15) is 17.4 Å². The van der Waals surface area contributed by atoms with E-state index in [0.29, 0.717) is 13.0 Å². The zero-order valence-electron chi connectivity index (χ0n) is 26.1. The fraction of sp³-hybridized carbons (Fsp3) is 0.613. The van der Waals surface area contributed by atoms with Crippen LogP contribution >= 0.6 is 0 Å². The van der Waals surface area contributed by atoms with E-state index < -0.39 is 17.7 Å². The summed E-state index contributed by atoms with van der Waals surface area (Å²) in [5, 5.41) is 19.6. The van der Waals surface area contributed by atoms with Gasteiger partial charge in [0.05, 0.1) is 38.8 Å². The maximum atomic E-state index is 12.8. The molecule has 0 saturated carbocycles. The Balaban J connectivity index is 1.44. The summed E-state index contributed by atoms with van der Waals surface area (Å²) in [5.41, 5.74) is 3.02. The van der Waals surface area contributed by atoms with Crippen LogP contribution in [0.4, 0.5) is 15.3 Å². The lowest BCUT2D eigenvalue weighted by molar-refractivity contribution is -0.268. The number of fused-ring (bicyclic) bond motifs is 1. The minimum atomic E-state index is -1.21. The number of carbonyl (C=O) groups excluding carboxylic acids is 3. The van der Waals surface area contributed by atoms with Gasteiger partial charge >= 0.3 is 12.0 Å². The predicted octanol–water partition coefficient (Wildman–Crippen LogP) is 3.52. The maximum absolute atomic E-state index is 12.8. The number of ether oxygens (including phenoxy) is 1. The predicted molar refractivity (Wildman–Crippen MR) is 159 cm³/mol. The summed E-state index contributed by atoms with van der Waals surface area (Å²) in [5.74, 6) is 0.0175. The summed E-state index contributed by atoms with van der Waals surface area (Å²) in [6.07, 6.45) is 4.54. The van der Waals surface area contributed by atoms with Crippen molar-refractivity contribution in [2.24, 2.45) is 0 Å². The van der Waals surface area contributed by atoms with Crippen LogP contribution in [-0.4, -0.2) is 88.6 Å². The standard InChI is InChI=1S/C31H46N6O5/c1-8-36(30(40)41)27-17-21(2)37(7,22(3)38)28-10-9-23(18-26(27)28)24-19-32-35(20-24)16-15-34-13-11-25(12-14-34)33-29(39)42-31(4,5)6/h9-10,18-21,25,27H,8,11-17H2,1-7H3,(H-,33,39,40,41)/t21-,27?,37+/m0/s1. The van der Waals surface area contributed by atoms with E-state index >= 15 is 0 Å². The van der Waals surface area contributed by atoms with Crippen LogP contribution in [0.25, 0.3) is 11.1 Å². The van der Waals surface area contributed by atoms with Crippen molar-refractivity contribution in [1.82, 2.24) is 29.4 Å². The molecule has 11 heteroatoms. The average molecular weight is 583 g/mol. The molecule has 0 bridgehead atoms. The van der Waals surface area contributed by atoms with Crippen LogP contribution in [0.2, 0.25) is 0 Å². The van der Waals surface area contributed by atoms with Crippen molar-refractivity contribution in [3.63, 3.8) is 0 Å². The number of alkyl carbamates (subject to hydrolysis) is 1. The van der Waals surface area contributed by atoms with E-state index in [0.717, 1.165) is 61.4 Å². The van der Waals surface area contributed by atoms with Crippen molar-refractivity contribution < 1.29 is 24.2 Å². The number of quaternary nitrogens is 1. The lowest BCUT2D eigenvalue weighted by atomic mass is 9.86. The Labute approximate surface area is 249 Å². The highest BCUT2D eigenvalue weighted by atomic mass is 16.6. The number of benzene rings is 1. The summed E-state index contributed by atoms with van der Waals surface area (Å²) >= 11 is 0. The number of hydrogen-bond acceptors (Lipinski definition) is 7. The number of piperidine rings is 1. The molecule has 4 rings (SSSR count). The molecule has 1 N–H and O–H groups in total. The molecule has 1 fully saturated rings. The topological polar surface area (TPSA) is 120 Å². The zero-order chi connectivity index (χ0) is 30.8. The van der Waals surface area contributed by atoms with E-state index in [1.54, 1.807) is 6.92 Å². The molecule has 2 aromatic rings. The van der Waals surface area contributed by atoms with E-state index in [1.807, 2.05) is 76.9 Å². The Morgan fingerprint density at radius 1 is 1.17 bits per heavy atom. The summed E-state index contributed by atoms with van der Waals surface area (Å²) in [7, 11) is 1.91. The molecule has 3 atom stereocenters. The first-order chi connectivity index (χ1) is 19.7. The third-order valence-electron chi connectivity index (χ3n) is 8.86. The number of hydrogen-bond donors (Lipinski definition) is 1. The lowest BCUT2D eigenvalue weighted by Crippen LogP contribution is -2.60. The molecule has 1 saturated heterocycles. The molecule has 0 radical (unpaired) electrons. The molecule has 1 aromatic carbocycles. The Kier molecular flexibility index (Phi) is 9.32. The molecule has 42 heavy (non-hydrogen) atoms. The van der Waals surface area contributed by atoms with E-state index in [4.69, 9.17) is 4.74 Å². The van der Waals surface area contributed by atoms with Crippen LogP contribution in [0.5, 0.6) is 0 Å². The highest BCUT2D eigenvalue weighted by molar-refractivity contribution is 5.89. The largest absolute Gasteiger partial charge is 0.530 e. The van der Waals surface area contributed by atoms with Crippen molar-refractivity contribution >= 4 is 23.8 Å². The molecular formula is C31H46N6O5. The second kappa shape index (κ2) is 12.4. The normalized spacial score (nSPS) is 23.2. The van der Waals surface area contributed by atoms with Gasteiger partial charge in [-0.15, -0.1) is 0 Å². The quantitative estimate of drug-likeness (QED) is 0.496. The molecule has 3 amide bonds. The molecule has 2 aliphatic rings. The summed E-state index contributed by atoms with van der Waals surface area (Å²) in [6.45, 7) is 14.6. The van der Waals surface area contributed by atoms with E-state index in [9.17, 15) is 19.5 Å². The first kappa shape index (κ1) is 31.5. The number of carboxylic acid groups (broad SMARTS) is 1. The van der Waals surface area contributed by atoms with Crippen LogP contribution in [0, 0.1) is 0 Å². The van der Waals surface area contributed by atoms with E-state index in [-0.39, 0.29) is 28.6 Å². The van der Waals surface area contributed by atoms with Crippen LogP contribution < -0.4 is 14.9 Å². The van der Waals surface area contributed by atoms with Crippen LogP contribution in [0.1, 0.15) is 72.4 Å². The Morgan fingerprint density at radius 3 is 2.45 bits per heavy atom. The van der Waals surface area contributed by atoms with Crippen molar-refractivity contribution in [1.29, 1.82) is 0 Å². The molecule has 11 nitrogen and oxygen atoms in total. The number of aromatic nitrogens is 2. The summed E-state index contributed by atoms with van der Waals surface area (Å²) < 4.78 is 7.43. The van der Waals surface area contributed by atoms with Crippen molar-refractivity contribution in [3.05, 3.63) is 36.2 Å². The second-order valence-corrected chi connectivity index (χ2v) is 12.8. The monoisotopic (exact) mass is 582 g/mol. The number of nitrogens with zero attached hydrogens (tertiary/aromatic N) is 5. The van der Waals surface area contributed by atoms with Crippen molar-refractivity contribution in [3.8, 4) is 11.1 Å². The van der Waals surface area contributed by atoms with Gasteiger partial charge in [0.2, 0.25) is 0 Å². The fourth-order valence-corrected chi connectivity index (χ4v) is 6.23. The fourth-order valence-electron chi connectivity index (χ4n) is 6.23. The molecule has 1 aromatic heterocycles. The first-order valence-electron chi connectivity index (χ1n) is 15.0. The number of rotatable bonds is 7. The number of carbonyl (C=O) groups is 3. The van der Waals surface area contributed by atoms with Gasteiger partial charge < -0.3 is 29.8 Å². The van der Waals surface area contributed by atoms with Crippen molar-refractivity contribution in [2.75, 3.05) is 33.2 Å². The van der Waals surface area contributed by atoms with Crippen molar-refractivity contribution in [2.45, 2.75) is 91.1 Å². The van der Waals surface area contributed by atoms with Gasteiger partial charge in [-0.05, 0) is 65.2 Å². The molecule has 3 heterocycles. The van der Waals surface area contributed by atoms with Gasteiger partial charge in [-0.25, -0.2) is 14.1 Å². The Bertz CT molecular complexity index is 1290. The minimum absolute atomic E-state index is 0.0175. The number of nitrogens with one attached hydrogen (secondary N) is 1. The van der Waals surface area contributed by atoms with Crippen LogP contribution in [0.15, 0.2) is 30.6 Å². The highest BCUT2D eigenvalue weighted by Crippen LogP contribution is 2.45. The van der Waals surface area contributed by atoms with Gasteiger partial charge in [-0.1, -0.05) is 0 Å². The SMILES string of the molecule is CCN(C(=O)[O-])C1C[C@H](C)[N@+](C)(C(C)=O)c2ccc(-c3cnn(CCN4CCC(NC(=O)OC(C)(C)C)CC4)c3)cc21. The summed E-state index contributed by atoms with van der Waals surface area (Å²) in [4.78, 5) is 40.7. The van der Waals surface area contributed by atoms with Gasteiger partial charge in [-0.3, -0.25) is 4.68 Å². The summed E-state index contributed by atoms with van der Waals surface area (Å²) in [6, 6.07) is 5.61. The first-order valence-corrected chi connectivity index (χ1v) is 15.0. The number of amides is 3. The van der Waals surface area contributed by atoms with E-state index in [1.165, 1.54) is 4.90 Å². The maximum Gasteiger partial charge on any atom is 0.407 e. The van der Waals surface area contributed by atoms with Crippen LogP contribution in [0.3, 0.4) is 0 Å². The average Bonchev–Trinajstić information content (AvgIpc) is 3.39. The molecule has 1 unspecified atom stereocenters. The van der Waals surface area contributed by atoms with Gasteiger partial charge in [0.15, 0.2) is 0 Å². The molecule has 2 aliphatic heterocycles. The number of likely N-dealkylation sites (tertiary alicyclic amines) is 1. The lowest BCUT2D eigenvalue weighted by Gasteiger charge is -2.46. The molecule has 230 valence electrons.